The molecule has 0 bridgehead atoms. The van der Waals surface area contributed by atoms with Crippen molar-refractivity contribution in [2.75, 3.05) is 19.0 Å². The Kier molecular flexibility index (Phi) is 8.02. The molecule has 0 saturated carbocycles. The predicted molar refractivity (Wildman–Crippen MR) is 140 cm³/mol. The second-order valence-electron chi connectivity index (χ2n) is 8.04. The van der Waals surface area contributed by atoms with Crippen LogP contribution in [0.3, 0.4) is 0 Å². The van der Waals surface area contributed by atoms with Crippen molar-refractivity contribution < 1.29 is 19.1 Å². The molecule has 1 N–H and O–H groups in total. The van der Waals surface area contributed by atoms with E-state index in [1.54, 1.807) is 12.1 Å². The summed E-state index contributed by atoms with van der Waals surface area (Å²) in [5.74, 6) is -1.41. The van der Waals surface area contributed by atoms with Gasteiger partial charge in [0, 0.05) is 42.3 Å². The number of aldehydes is 1. The normalized spacial score (nSPS) is 11.8. The van der Waals surface area contributed by atoms with Crippen LogP contribution in [0.4, 0.5) is 10.8 Å². The topological polar surface area (TPSA) is 85.4 Å². The number of benzene rings is 3. The van der Waals surface area contributed by atoms with Crippen molar-refractivity contribution in [1.29, 1.82) is 0 Å². The van der Waals surface area contributed by atoms with Crippen LogP contribution in [0.1, 0.15) is 23.2 Å². The molecule has 4 rings (SSSR count). The fourth-order valence-corrected chi connectivity index (χ4v) is 4.87. The van der Waals surface area contributed by atoms with Crippen LogP contribution in [0, 0.1) is 5.92 Å². The zero-order valence-corrected chi connectivity index (χ0v) is 20.6. The van der Waals surface area contributed by atoms with E-state index in [-0.39, 0.29) is 18.5 Å². The molecule has 3 aromatic carbocycles. The van der Waals surface area contributed by atoms with Gasteiger partial charge in [0.25, 0.3) is 0 Å². The van der Waals surface area contributed by atoms with Gasteiger partial charge in [-0.15, -0.1) is 0 Å². The number of ketones is 2. The first-order valence-corrected chi connectivity index (χ1v) is 12.2. The maximum atomic E-state index is 12.7. The molecule has 0 aliphatic rings. The first-order valence-electron chi connectivity index (χ1n) is 11.0. The van der Waals surface area contributed by atoms with Crippen molar-refractivity contribution in [3.63, 3.8) is 0 Å². The van der Waals surface area contributed by atoms with Gasteiger partial charge in [0.2, 0.25) is 0 Å². The highest BCUT2D eigenvalue weighted by Gasteiger charge is 2.22. The van der Waals surface area contributed by atoms with Crippen LogP contribution in [0.5, 0.6) is 0 Å². The molecule has 0 spiro atoms. The van der Waals surface area contributed by atoms with Crippen molar-refractivity contribution in [3.8, 4) is 11.1 Å². The molecule has 6 nitrogen and oxygen atoms in total. The van der Waals surface area contributed by atoms with Gasteiger partial charge in [0.05, 0.1) is 10.2 Å². The first kappa shape index (κ1) is 24.7. The number of hydrogen-bond acceptors (Lipinski definition) is 7. The van der Waals surface area contributed by atoms with Gasteiger partial charge < -0.3 is 10.1 Å². The summed E-state index contributed by atoms with van der Waals surface area (Å²) in [5, 5.41) is 4.79. The molecule has 0 radical (unpaired) electrons. The number of rotatable bonds is 11. The highest BCUT2D eigenvalue weighted by atomic mass is 35.5. The molecular weight excluding hydrogens is 484 g/mol. The van der Waals surface area contributed by atoms with Gasteiger partial charge >= 0.3 is 0 Å². The molecule has 0 saturated heterocycles. The highest BCUT2D eigenvalue weighted by Crippen LogP contribution is 2.31. The van der Waals surface area contributed by atoms with Crippen molar-refractivity contribution in [2.45, 2.75) is 12.8 Å². The van der Waals surface area contributed by atoms with Crippen LogP contribution in [0.15, 0.2) is 66.7 Å². The van der Waals surface area contributed by atoms with Gasteiger partial charge in [-0.1, -0.05) is 59.3 Å². The van der Waals surface area contributed by atoms with Crippen LogP contribution in [0.25, 0.3) is 21.3 Å². The fraction of sp³-hybridized carbons (Fsp3) is 0.185. The third kappa shape index (κ3) is 6.19. The van der Waals surface area contributed by atoms with E-state index < -0.39 is 11.7 Å². The van der Waals surface area contributed by atoms with E-state index >= 15 is 0 Å². The number of carbonyl (C=O) groups is 3. The van der Waals surface area contributed by atoms with Crippen LogP contribution < -0.4 is 5.32 Å². The summed E-state index contributed by atoms with van der Waals surface area (Å²) in [4.78, 5) is 40.0. The summed E-state index contributed by atoms with van der Waals surface area (Å²) >= 11 is 7.60. The average Bonchev–Trinajstić information content (AvgIpc) is 3.27. The number of fused-ring (bicyclic) bond motifs is 1. The second-order valence-corrected chi connectivity index (χ2v) is 9.50. The van der Waals surface area contributed by atoms with Gasteiger partial charge in [-0.3, -0.25) is 14.4 Å². The lowest BCUT2D eigenvalue weighted by Crippen LogP contribution is -2.21. The van der Waals surface area contributed by atoms with Gasteiger partial charge in [-0.05, 0) is 47.9 Å². The Morgan fingerprint density at radius 2 is 1.74 bits per heavy atom. The van der Waals surface area contributed by atoms with Gasteiger partial charge in [-0.25, -0.2) is 4.98 Å². The quantitative estimate of drug-likeness (QED) is 0.145. The molecule has 1 aromatic heterocycles. The van der Waals surface area contributed by atoms with E-state index in [4.69, 9.17) is 16.3 Å². The highest BCUT2D eigenvalue weighted by molar-refractivity contribution is 7.22. The van der Waals surface area contributed by atoms with E-state index in [2.05, 4.69) is 10.3 Å². The molecule has 0 amide bonds. The minimum Gasteiger partial charge on any atom is -0.385 e. The second kappa shape index (κ2) is 11.4. The van der Waals surface area contributed by atoms with Gasteiger partial charge in [0.1, 0.15) is 0 Å². The molecule has 35 heavy (non-hydrogen) atoms. The lowest BCUT2D eigenvalue weighted by molar-refractivity contribution is -0.132. The van der Waals surface area contributed by atoms with Gasteiger partial charge in [-0.2, -0.15) is 0 Å². The Bertz CT molecular complexity index is 1350. The number of halogens is 1. The Morgan fingerprint density at radius 3 is 2.40 bits per heavy atom. The number of Topliss-reactive ketones (excluding diaryl/α,β-unsaturated/α-hetero) is 2. The summed E-state index contributed by atoms with van der Waals surface area (Å²) in [6, 6.07) is 20.8. The molecule has 4 aromatic rings. The molecular formula is C27H23ClN2O4S. The first-order chi connectivity index (χ1) is 17.0. The number of ether oxygens (including phenoxy) is 1. The van der Waals surface area contributed by atoms with Crippen LogP contribution in [-0.2, 0) is 14.3 Å². The average molecular weight is 507 g/mol. The zero-order chi connectivity index (χ0) is 24.8. The largest absolute Gasteiger partial charge is 0.385 e. The standard InChI is InChI=1S/C27H23ClN2O4S/c1-34-13-12-20(25(33)16-31)14-24(32)19-4-2-17(3-5-19)18-6-9-22(10-7-18)29-27-30-23-11-8-21(28)15-26(23)35-27/h2-11,15-16,20H,12-14H2,1H3,(H,29,30). The lowest BCUT2D eigenvalue weighted by atomic mass is 9.92. The number of aromatic nitrogens is 1. The third-order valence-corrected chi connectivity index (χ3v) is 6.82. The van der Waals surface area contributed by atoms with E-state index in [1.165, 1.54) is 18.4 Å². The maximum Gasteiger partial charge on any atom is 0.198 e. The van der Waals surface area contributed by atoms with Crippen molar-refractivity contribution in [3.05, 3.63) is 77.3 Å². The van der Waals surface area contributed by atoms with E-state index in [9.17, 15) is 14.4 Å². The van der Waals surface area contributed by atoms with Crippen LogP contribution in [-0.4, -0.2) is 36.6 Å². The molecule has 0 aliphatic heterocycles. The van der Waals surface area contributed by atoms with Crippen LogP contribution in [0.2, 0.25) is 5.02 Å². The summed E-state index contributed by atoms with van der Waals surface area (Å²) in [5.41, 5.74) is 4.27. The molecule has 178 valence electrons. The van der Waals surface area contributed by atoms with E-state index in [0.717, 1.165) is 32.2 Å². The number of thiazole rings is 1. The number of nitrogens with zero attached hydrogens (tertiary/aromatic N) is 1. The SMILES string of the molecule is COCCC(CC(=O)c1ccc(-c2ccc(Nc3nc4ccc(Cl)cc4s3)cc2)cc1)C(=O)C=O. The smallest absolute Gasteiger partial charge is 0.198 e. The zero-order valence-electron chi connectivity index (χ0n) is 19.0. The van der Waals surface area contributed by atoms with Crippen molar-refractivity contribution in [1.82, 2.24) is 4.98 Å². The number of carbonyl (C=O) groups excluding carboxylic acids is 3. The third-order valence-electron chi connectivity index (χ3n) is 5.65. The summed E-state index contributed by atoms with van der Waals surface area (Å²) in [6.07, 6.45) is 0.601. The Hall–Kier alpha value is -3.39. The molecule has 0 fully saturated rings. The number of anilines is 2. The van der Waals surface area contributed by atoms with Crippen LogP contribution >= 0.6 is 22.9 Å². The summed E-state index contributed by atoms with van der Waals surface area (Å²) < 4.78 is 6.01. The van der Waals surface area contributed by atoms with Crippen molar-refractivity contribution in [2.24, 2.45) is 5.92 Å². The molecule has 8 heteroatoms. The maximum absolute atomic E-state index is 12.7. The molecule has 1 unspecified atom stereocenters. The molecule has 1 atom stereocenters. The summed E-state index contributed by atoms with van der Waals surface area (Å²) in [6.45, 7) is 0.314. The molecule has 1 heterocycles. The number of methoxy groups -OCH3 is 1. The minimum absolute atomic E-state index is 0.0153. The Balaban J connectivity index is 1.41. The fourth-order valence-electron chi connectivity index (χ4n) is 3.71. The Morgan fingerprint density at radius 1 is 1.06 bits per heavy atom. The monoisotopic (exact) mass is 506 g/mol. The summed E-state index contributed by atoms with van der Waals surface area (Å²) in [7, 11) is 1.52. The predicted octanol–water partition coefficient (Wildman–Crippen LogP) is 6.35. The van der Waals surface area contributed by atoms with Gasteiger partial charge in [0.15, 0.2) is 23.0 Å². The van der Waals surface area contributed by atoms with E-state index in [1.807, 2.05) is 54.6 Å². The molecule has 0 aliphatic carbocycles. The minimum atomic E-state index is -0.660. The lowest BCUT2D eigenvalue weighted by Gasteiger charge is -2.12. The number of hydrogen-bond donors (Lipinski definition) is 1. The number of nitrogens with one attached hydrogen (secondary N) is 1. The van der Waals surface area contributed by atoms with E-state index in [0.29, 0.717) is 23.6 Å². The van der Waals surface area contributed by atoms with Crippen molar-refractivity contribution >= 4 is 61.8 Å². The Labute approximate surface area is 211 Å².